The van der Waals surface area contributed by atoms with Crippen molar-refractivity contribution >= 4 is 46.4 Å². The molecule has 2 aromatic rings. The van der Waals surface area contributed by atoms with Gasteiger partial charge in [-0.25, -0.2) is 0 Å². The molecule has 1 saturated carbocycles. The summed E-state index contributed by atoms with van der Waals surface area (Å²) in [5.74, 6) is -0.126. The Balaban J connectivity index is 1.37. The summed E-state index contributed by atoms with van der Waals surface area (Å²) in [7, 11) is 0. The number of amides is 1. The molecule has 180 valence electrons. The van der Waals surface area contributed by atoms with E-state index in [1.165, 1.54) is 0 Å². The van der Waals surface area contributed by atoms with Crippen LogP contribution in [0, 0.1) is 0 Å². The van der Waals surface area contributed by atoms with E-state index in [2.05, 4.69) is 5.48 Å². The van der Waals surface area contributed by atoms with Crippen LogP contribution in [0.4, 0.5) is 13.2 Å². The first-order valence-corrected chi connectivity index (χ1v) is 11.6. The van der Waals surface area contributed by atoms with E-state index >= 15 is 0 Å². The van der Waals surface area contributed by atoms with E-state index in [-0.39, 0.29) is 38.2 Å². The molecule has 0 radical (unpaired) electrons. The number of benzene rings is 2. The second kappa shape index (κ2) is 8.03. The standard InChI is InChI=1S/C23H18Cl3F3N2O3/c24-16-7-15(8-17(25)19(16)26)22(23(27,28)29)9-18(30-34-22)13-3-1-12(2-4-13)14-10-31(11-14)20(32)21(33)5-6-21/h1-4,7-9,14,30,33H,5-6,10-11H2. The SMILES string of the molecule is O=C(N1CC(c2ccc(C3=CC(c4cc(Cl)c(Cl)c(Cl)c4)(C(F)(F)F)ON3)cc2)C1)C1(O)CC1. The second-order valence-corrected chi connectivity index (χ2v) is 10.0. The van der Waals surface area contributed by atoms with Crippen molar-refractivity contribution in [3.63, 3.8) is 0 Å². The average Bonchev–Trinajstić information content (AvgIpc) is 3.33. The van der Waals surface area contributed by atoms with Gasteiger partial charge in [0.05, 0.1) is 20.8 Å². The predicted octanol–water partition coefficient (Wildman–Crippen LogP) is 5.43. The smallest absolute Gasteiger partial charge is 0.380 e. The van der Waals surface area contributed by atoms with Crippen molar-refractivity contribution in [2.45, 2.75) is 36.1 Å². The molecule has 5 rings (SSSR count). The number of hydroxylamine groups is 1. The lowest BCUT2D eigenvalue weighted by molar-refractivity contribution is -0.269. The summed E-state index contributed by atoms with van der Waals surface area (Å²) in [6.07, 6.45) is -2.88. The van der Waals surface area contributed by atoms with Crippen molar-refractivity contribution < 1.29 is 27.9 Å². The number of rotatable bonds is 4. The van der Waals surface area contributed by atoms with Crippen molar-refractivity contribution in [1.29, 1.82) is 0 Å². The van der Waals surface area contributed by atoms with Crippen LogP contribution in [0.2, 0.25) is 15.1 Å². The number of hydrogen-bond acceptors (Lipinski definition) is 4. The highest BCUT2D eigenvalue weighted by Crippen LogP contribution is 2.49. The van der Waals surface area contributed by atoms with Gasteiger partial charge in [0.15, 0.2) is 0 Å². The maximum absolute atomic E-state index is 14.2. The van der Waals surface area contributed by atoms with E-state index in [0.29, 0.717) is 31.5 Å². The van der Waals surface area contributed by atoms with Crippen LogP contribution in [-0.4, -0.2) is 40.8 Å². The molecule has 0 spiro atoms. The van der Waals surface area contributed by atoms with Crippen LogP contribution < -0.4 is 5.48 Å². The molecule has 1 atom stereocenters. The highest BCUT2D eigenvalue weighted by Gasteiger charge is 2.60. The number of hydrogen-bond donors (Lipinski definition) is 2. The lowest BCUT2D eigenvalue weighted by Gasteiger charge is -2.40. The first-order valence-electron chi connectivity index (χ1n) is 10.4. The van der Waals surface area contributed by atoms with Crippen LogP contribution in [-0.2, 0) is 15.2 Å². The highest BCUT2D eigenvalue weighted by molar-refractivity contribution is 6.48. The molecule has 5 nitrogen and oxygen atoms in total. The van der Waals surface area contributed by atoms with Crippen LogP contribution >= 0.6 is 34.8 Å². The normalized spacial score (nSPS) is 23.9. The lowest BCUT2D eigenvalue weighted by Crippen LogP contribution is -2.52. The summed E-state index contributed by atoms with van der Waals surface area (Å²) in [5, 5.41) is 9.67. The van der Waals surface area contributed by atoms with Crippen molar-refractivity contribution in [2.75, 3.05) is 13.1 Å². The third-order valence-corrected chi connectivity index (χ3v) is 7.68. The number of carbonyl (C=O) groups excluding carboxylic acids is 1. The number of nitrogens with one attached hydrogen (secondary N) is 1. The Labute approximate surface area is 208 Å². The summed E-state index contributed by atoms with van der Waals surface area (Å²) in [5.41, 5.74) is -0.344. The van der Waals surface area contributed by atoms with Gasteiger partial charge in [-0.15, -0.1) is 0 Å². The Morgan fingerprint density at radius 1 is 1.09 bits per heavy atom. The van der Waals surface area contributed by atoms with Gasteiger partial charge in [0.2, 0.25) is 5.60 Å². The quantitative estimate of drug-likeness (QED) is 0.515. The van der Waals surface area contributed by atoms with E-state index in [0.717, 1.165) is 23.8 Å². The number of nitrogens with zero attached hydrogens (tertiary/aromatic N) is 1. The van der Waals surface area contributed by atoms with E-state index in [1.807, 2.05) is 0 Å². The van der Waals surface area contributed by atoms with Gasteiger partial charge < -0.3 is 10.0 Å². The van der Waals surface area contributed by atoms with Crippen molar-refractivity contribution in [3.05, 3.63) is 74.2 Å². The zero-order valence-corrected chi connectivity index (χ0v) is 19.7. The fourth-order valence-electron chi connectivity index (χ4n) is 4.17. The Kier molecular flexibility index (Phi) is 5.61. The van der Waals surface area contributed by atoms with Gasteiger partial charge in [-0.05, 0) is 42.2 Å². The summed E-state index contributed by atoms with van der Waals surface area (Å²) in [6.45, 7) is 1.000. The molecule has 0 bridgehead atoms. The van der Waals surface area contributed by atoms with Gasteiger partial charge >= 0.3 is 6.18 Å². The third-order valence-electron chi connectivity index (χ3n) is 6.49. The summed E-state index contributed by atoms with van der Waals surface area (Å²) in [4.78, 5) is 18.9. The maximum atomic E-state index is 14.2. The first-order chi connectivity index (χ1) is 15.9. The van der Waals surface area contributed by atoms with Crippen LogP contribution in [0.25, 0.3) is 5.70 Å². The molecular weight excluding hydrogens is 516 g/mol. The summed E-state index contributed by atoms with van der Waals surface area (Å²) >= 11 is 17.8. The Bertz CT molecular complexity index is 1170. The molecule has 34 heavy (non-hydrogen) atoms. The summed E-state index contributed by atoms with van der Waals surface area (Å²) in [6, 6.07) is 9.14. The van der Waals surface area contributed by atoms with Crippen LogP contribution in [0.3, 0.4) is 0 Å². The number of aliphatic hydroxyl groups is 1. The van der Waals surface area contributed by atoms with Crippen LogP contribution in [0.15, 0.2) is 42.5 Å². The fourth-order valence-corrected chi connectivity index (χ4v) is 4.77. The maximum Gasteiger partial charge on any atom is 0.428 e. The molecule has 11 heteroatoms. The molecule has 2 fully saturated rings. The number of likely N-dealkylation sites (tertiary alicyclic amines) is 1. The molecule has 2 N–H and O–H groups in total. The number of halogens is 6. The molecule has 2 aromatic carbocycles. The summed E-state index contributed by atoms with van der Waals surface area (Å²) < 4.78 is 42.6. The molecule has 1 saturated heterocycles. The second-order valence-electron chi connectivity index (χ2n) is 8.81. The molecule has 1 unspecified atom stereocenters. The monoisotopic (exact) mass is 532 g/mol. The van der Waals surface area contributed by atoms with Gasteiger partial charge in [0.25, 0.3) is 5.91 Å². The first kappa shape index (κ1) is 23.8. The molecule has 1 aliphatic carbocycles. The van der Waals surface area contributed by atoms with Gasteiger partial charge in [-0.2, -0.15) is 13.2 Å². The third kappa shape index (κ3) is 3.85. The highest BCUT2D eigenvalue weighted by atomic mass is 35.5. The molecule has 3 aliphatic rings. The average molecular weight is 534 g/mol. The van der Waals surface area contributed by atoms with Crippen LogP contribution in [0.5, 0.6) is 0 Å². The Hall–Kier alpha value is -1.97. The van der Waals surface area contributed by atoms with Gasteiger partial charge in [0, 0.05) is 24.6 Å². The zero-order chi connectivity index (χ0) is 24.5. The van der Waals surface area contributed by atoms with E-state index in [1.54, 1.807) is 29.2 Å². The zero-order valence-electron chi connectivity index (χ0n) is 17.4. The molecule has 2 heterocycles. The molecule has 2 aliphatic heterocycles. The Morgan fingerprint density at radius 3 is 2.21 bits per heavy atom. The topological polar surface area (TPSA) is 61.8 Å². The molecule has 0 aromatic heterocycles. The van der Waals surface area contributed by atoms with Gasteiger partial charge in [0.1, 0.15) is 5.60 Å². The largest absolute Gasteiger partial charge is 0.428 e. The Morgan fingerprint density at radius 2 is 1.68 bits per heavy atom. The number of carbonyl (C=O) groups is 1. The van der Waals surface area contributed by atoms with Crippen molar-refractivity contribution in [1.82, 2.24) is 10.4 Å². The van der Waals surface area contributed by atoms with E-state index in [9.17, 15) is 23.1 Å². The van der Waals surface area contributed by atoms with E-state index in [4.69, 9.17) is 39.6 Å². The van der Waals surface area contributed by atoms with Gasteiger partial charge in [-0.1, -0.05) is 59.1 Å². The minimum atomic E-state index is -4.82. The minimum absolute atomic E-state index is 0.0438. The molecular formula is C23H18Cl3F3N2O3. The van der Waals surface area contributed by atoms with E-state index < -0.39 is 17.4 Å². The van der Waals surface area contributed by atoms with Crippen LogP contribution in [0.1, 0.15) is 35.4 Å². The number of alkyl halides is 3. The van der Waals surface area contributed by atoms with Crippen molar-refractivity contribution in [2.24, 2.45) is 0 Å². The fraction of sp³-hybridized carbons (Fsp3) is 0.348. The minimum Gasteiger partial charge on any atom is -0.380 e. The molecule has 1 amide bonds. The van der Waals surface area contributed by atoms with Crippen molar-refractivity contribution in [3.8, 4) is 0 Å². The van der Waals surface area contributed by atoms with Gasteiger partial charge in [-0.3, -0.25) is 15.1 Å². The lowest BCUT2D eigenvalue weighted by atomic mass is 9.89. The predicted molar refractivity (Wildman–Crippen MR) is 121 cm³/mol.